The van der Waals surface area contributed by atoms with E-state index in [1.807, 2.05) is 13.8 Å². The number of benzene rings is 1. The van der Waals surface area contributed by atoms with Crippen molar-refractivity contribution in [2.75, 3.05) is 0 Å². The van der Waals surface area contributed by atoms with Crippen LogP contribution >= 0.6 is 0 Å². The molecule has 1 aromatic carbocycles. The molecule has 0 atom stereocenters. The van der Waals surface area contributed by atoms with Crippen LogP contribution in [0.2, 0.25) is 0 Å². The number of hydrogen-bond donors (Lipinski definition) is 2. The molecular formula is C13H16O4. The molecule has 0 heterocycles. The van der Waals surface area contributed by atoms with E-state index in [0.717, 1.165) is 12.8 Å². The summed E-state index contributed by atoms with van der Waals surface area (Å²) in [5.41, 5.74) is 0.401. The highest BCUT2D eigenvalue weighted by Crippen LogP contribution is 2.28. The molecule has 0 aromatic heterocycles. The minimum absolute atomic E-state index is 0.0753. The fourth-order valence-electron chi connectivity index (χ4n) is 2.06. The summed E-state index contributed by atoms with van der Waals surface area (Å²) in [5.74, 6) is -2.29. The molecule has 0 aliphatic heterocycles. The van der Waals surface area contributed by atoms with Crippen molar-refractivity contribution in [1.82, 2.24) is 0 Å². The summed E-state index contributed by atoms with van der Waals surface area (Å²) >= 11 is 0. The second-order valence-corrected chi connectivity index (χ2v) is 3.89. The Morgan fingerprint density at radius 2 is 1.71 bits per heavy atom. The predicted molar refractivity (Wildman–Crippen MR) is 63.7 cm³/mol. The molecule has 4 heteroatoms. The molecule has 92 valence electrons. The standard InChI is InChI=1S/C13H16O4/c1-3-8(4-2)9-6-5-7-10(12(14)15)11(9)13(16)17/h5-8H,3-4H2,1-2H3,(H,14,15)(H,16,17). The summed E-state index contributed by atoms with van der Waals surface area (Å²) in [6, 6.07) is 4.63. The molecule has 0 bridgehead atoms. The van der Waals surface area contributed by atoms with Gasteiger partial charge in [0.05, 0.1) is 11.1 Å². The van der Waals surface area contributed by atoms with Crippen molar-refractivity contribution < 1.29 is 19.8 Å². The van der Waals surface area contributed by atoms with Crippen LogP contribution in [-0.4, -0.2) is 22.2 Å². The van der Waals surface area contributed by atoms with Crippen molar-refractivity contribution in [3.8, 4) is 0 Å². The highest BCUT2D eigenvalue weighted by Gasteiger charge is 2.22. The minimum Gasteiger partial charge on any atom is -0.478 e. The van der Waals surface area contributed by atoms with Crippen molar-refractivity contribution in [2.45, 2.75) is 32.6 Å². The van der Waals surface area contributed by atoms with Crippen LogP contribution in [0.5, 0.6) is 0 Å². The Morgan fingerprint density at radius 1 is 1.12 bits per heavy atom. The van der Waals surface area contributed by atoms with Crippen LogP contribution < -0.4 is 0 Å². The topological polar surface area (TPSA) is 74.6 Å². The van der Waals surface area contributed by atoms with Crippen LogP contribution in [0, 0.1) is 0 Å². The maximum Gasteiger partial charge on any atom is 0.336 e. The third kappa shape index (κ3) is 2.64. The zero-order valence-corrected chi connectivity index (χ0v) is 9.93. The third-order valence-corrected chi connectivity index (χ3v) is 2.97. The Hall–Kier alpha value is -1.84. The molecule has 1 rings (SSSR count). The van der Waals surface area contributed by atoms with Crippen LogP contribution in [0.15, 0.2) is 18.2 Å². The lowest BCUT2D eigenvalue weighted by Gasteiger charge is -2.16. The zero-order chi connectivity index (χ0) is 13.0. The molecule has 0 saturated carbocycles. The molecule has 17 heavy (non-hydrogen) atoms. The van der Waals surface area contributed by atoms with Crippen LogP contribution in [0.3, 0.4) is 0 Å². The van der Waals surface area contributed by atoms with Gasteiger partial charge >= 0.3 is 11.9 Å². The molecule has 1 aromatic rings. The van der Waals surface area contributed by atoms with Crippen molar-refractivity contribution >= 4 is 11.9 Å². The van der Waals surface area contributed by atoms with E-state index < -0.39 is 11.9 Å². The Morgan fingerprint density at radius 3 is 2.12 bits per heavy atom. The highest BCUT2D eigenvalue weighted by atomic mass is 16.4. The second kappa shape index (κ2) is 5.48. The van der Waals surface area contributed by atoms with Gasteiger partial charge in [-0.1, -0.05) is 26.0 Å². The van der Waals surface area contributed by atoms with Gasteiger partial charge in [0.1, 0.15) is 0 Å². The lowest BCUT2D eigenvalue weighted by molar-refractivity contribution is 0.0650. The van der Waals surface area contributed by atoms with E-state index in [-0.39, 0.29) is 17.0 Å². The van der Waals surface area contributed by atoms with Gasteiger partial charge in [0.25, 0.3) is 0 Å². The summed E-state index contributed by atoms with van der Waals surface area (Å²) in [6.07, 6.45) is 1.58. The van der Waals surface area contributed by atoms with Gasteiger partial charge in [-0.25, -0.2) is 9.59 Å². The van der Waals surface area contributed by atoms with E-state index in [1.165, 1.54) is 6.07 Å². The highest BCUT2D eigenvalue weighted by molar-refractivity contribution is 6.02. The average Bonchev–Trinajstić information content (AvgIpc) is 2.30. The van der Waals surface area contributed by atoms with Crippen molar-refractivity contribution in [2.24, 2.45) is 0 Å². The van der Waals surface area contributed by atoms with Gasteiger partial charge in [-0.05, 0) is 30.4 Å². The first-order chi connectivity index (χ1) is 8.02. The number of hydrogen-bond acceptors (Lipinski definition) is 2. The summed E-state index contributed by atoms with van der Waals surface area (Å²) in [6.45, 7) is 3.93. The van der Waals surface area contributed by atoms with Crippen LogP contribution in [-0.2, 0) is 0 Å². The SMILES string of the molecule is CCC(CC)c1cccc(C(=O)O)c1C(=O)O. The monoisotopic (exact) mass is 236 g/mol. The van der Waals surface area contributed by atoms with E-state index in [2.05, 4.69) is 0 Å². The maximum atomic E-state index is 11.2. The lowest BCUT2D eigenvalue weighted by Crippen LogP contribution is -2.13. The normalized spacial score (nSPS) is 10.5. The Kier molecular flexibility index (Phi) is 4.26. The molecule has 0 saturated heterocycles. The van der Waals surface area contributed by atoms with Gasteiger partial charge < -0.3 is 10.2 Å². The average molecular weight is 236 g/mol. The second-order valence-electron chi connectivity index (χ2n) is 3.89. The Balaban J connectivity index is 3.44. The first-order valence-electron chi connectivity index (χ1n) is 5.62. The molecule has 4 nitrogen and oxygen atoms in total. The molecule has 0 aliphatic rings. The number of carboxylic acid groups (broad SMARTS) is 2. The van der Waals surface area contributed by atoms with Gasteiger partial charge in [0.2, 0.25) is 0 Å². The van der Waals surface area contributed by atoms with Gasteiger partial charge in [0, 0.05) is 0 Å². The number of carbonyl (C=O) groups is 2. The molecule has 0 radical (unpaired) electrons. The van der Waals surface area contributed by atoms with Gasteiger partial charge in [-0.2, -0.15) is 0 Å². The molecule has 0 fully saturated rings. The summed E-state index contributed by atoms with van der Waals surface area (Å²) in [4.78, 5) is 22.2. The maximum absolute atomic E-state index is 11.2. The first kappa shape index (κ1) is 13.2. The van der Waals surface area contributed by atoms with E-state index in [0.29, 0.717) is 5.56 Å². The Labute approximate surface area is 99.9 Å². The van der Waals surface area contributed by atoms with Gasteiger partial charge in [0.15, 0.2) is 0 Å². The molecule has 0 aliphatic carbocycles. The van der Waals surface area contributed by atoms with Crippen molar-refractivity contribution in [3.63, 3.8) is 0 Å². The number of rotatable bonds is 5. The predicted octanol–water partition coefficient (Wildman–Crippen LogP) is 2.99. The van der Waals surface area contributed by atoms with E-state index in [1.54, 1.807) is 12.1 Å². The van der Waals surface area contributed by atoms with Crippen LogP contribution in [0.1, 0.15) is 58.9 Å². The zero-order valence-electron chi connectivity index (χ0n) is 9.93. The first-order valence-corrected chi connectivity index (χ1v) is 5.62. The summed E-state index contributed by atoms with van der Waals surface area (Å²) in [7, 11) is 0. The minimum atomic E-state index is -1.20. The summed E-state index contributed by atoms with van der Waals surface area (Å²) in [5, 5.41) is 18.2. The fourth-order valence-corrected chi connectivity index (χ4v) is 2.06. The molecule has 0 spiro atoms. The molecule has 2 N–H and O–H groups in total. The Bertz CT molecular complexity index is 433. The van der Waals surface area contributed by atoms with Gasteiger partial charge in [-0.15, -0.1) is 0 Å². The van der Waals surface area contributed by atoms with E-state index >= 15 is 0 Å². The van der Waals surface area contributed by atoms with Crippen molar-refractivity contribution in [3.05, 3.63) is 34.9 Å². The number of aromatic carboxylic acids is 2. The van der Waals surface area contributed by atoms with Crippen molar-refractivity contribution in [1.29, 1.82) is 0 Å². The van der Waals surface area contributed by atoms with E-state index in [4.69, 9.17) is 5.11 Å². The van der Waals surface area contributed by atoms with Gasteiger partial charge in [-0.3, -0.25) is 0 Å². The number of carboxylic acids is 2. The molecule has 0 unspecified atom stereocenters. The van der Waals surface area contributed by atoms with E-state index in [9.17, 15) is 14.7 Å². The largest absolute Gasteiger partial charge is 0.478 e. The lowest BCUT2D eigenvalue weighted by atomic mass is 9.88. The molecular weight excluding hydrogens is 220 g/mol. The van der Waals surface area contributed by atoms with Crippen LogP contribution in [0.25, 0.3) is 0 Å². The molecule has 0 amide bonds. The quantitative estimate of drug-likeness (QED) is 0.824. The third-order valence-electron chi connectivity index (χ3n) is 2.97. The fraction of sp³-hybridized carbons (Fsp3) is 0.385. The smallest absolute Gasteiger partial charge is 0.336 e. The van der Waals surface area contributed by atoms with Crippen LogP contribution in [0.4, 0.5) is 0 Å². The summed E-state index contributed by atoms with van der Waals surface area (Å²) < 4.78 is 0.